The largest absolute Gasteiger partial charge is 0.495 e. The van der Waals surface area contributed by atoms with E-state index in [0.717, 1.165) is 22.9 Å². The summed E-state index contributed by atoms with van der Waals surface area (Å²) in [7, 11) is 1.64. The Bertz CT molecular complexity index is 895. The number of methoxy groups -OCH3 is 1. The molecule has 6 nitrogen and oxygen atoms in total. The number of benzene rings is 2. The zero-order valence-electron chi connectivity index (χ0n) is 16.0. The van der Waals surface area contributed by atoms with Crippen LogP contribution in [0.2, 0.25) is 0 Å². The van der Waals surface area contributed by atoms with Crippen LogP contribution in [0.3, 0.4) is 0 Å². The molecule has 0 aliphatic rings. The van der Waals surface area contributed by atoms with E-state index in [-0.39, 0.29) is 6.10 Å². The molecule has 27 heavy (non-hydrogen) atoms. The molecular weight excluding hydrogens is 340 g/mol. The molecule has 1 heterocycles. The molecule has 0 saturated carbocycles. The van der Waals surface area contributed by atoms with Crippen molar-refractivity contribution in [3.63, 3.8) is 0 Å². The smallest absolute Gasteiger partial charge is 0.142 e. The second-order valence-electron chi connectivity index (χ2n) is 6.33. The number of rotatable bonds is 7. The maximum absolute atomic E-state index is 5.67. The quantitative estimate of drug-likeness (QED) is 0.610. The molecule has 0 aliphatic carbocycles. The third-order valence-electron chi connectivity index (χ3n) is 3.71. The molecule has 3 rings (SSSR count). The number of nitrogens with zero attached hydrogens (tertiary/aromatic N) is 2. The van der Waals surface area contributed by atoms with Gasteiger partial charge in [0.25, 0.3) is 0 Å². The number of nitrogens with one attached hydrogen (secondary N) is 2. The molecule has 0 amide bonds. The molecule has 3 aromatic rings. The summed E-state index contributed by atoms with van der Waals surface area (Å²) in [6.45, 7) is 5.87. The molecule has 0 bridgehead atoms. The number of hydrogen-bond acceptors (Lipinski definition) is 6. The predicted molar refractivity (Wildman–Crippen MR) is 109 cm³/mol. The van der Waals surface area contributed by atoms with E-state index < -0.39 is 0 Å². The van der Waals surface area contributed by atoms with Gasteiger partial charge in [-0.05, 0) is 57.2 Å². The lowest BCUT2D eigenvalue weighted by Gasteiger charge is -2.13. The van der Waals surface area contributed by atoms with E-state index in [1.807, 2.05) is 75.4 Å². The Kier molecular flexibility index (Phi) is 5.76. The fourth-order valence-corrected chi connectivity index (χ4v) is 2.62. The first kappa shape index (κ1) is 18.5. The molecule has 0 fully saturated rings. The van der Waals surface area contributed by atoms with Gasteiger partial charge < -0.3 is 20.1 Å². The Morgan fingerprint density at radius 2 is 1.56 bits per heavy atom. The van der Waals surface area contributed by atoms with Crippen LogP contribution in [0, 0.1) is 6.92 Å². The van der Waals surface area contributed by atoms with E-state index in [9.17, 15) is 0 Å². The van der Waals surface area contributed by atoms with Gasteiger partial charge in [0, 0.05) is 11.8 Å². The fourth-order valence-electron chi connectivity index (χ4n) is 2.62. The first-order valence-corrected chi connectivity index (χ1v) is 8.83. The third-order valence-corrected chi connectivity index (χ3v) is 3.71. The first-order chi connectivity index (χ1) is 13.0. The van der Waals surface area contributed by atoms with Gasteiger partial charge in [0.1, 0.15) is 29.0 Å². The molecule has 6 heteroatoms. The second kappa shape index (κ2) is 8.40. The van der Waals surface area contributed by atoms with Crippen molar-refractivity contribution in [2.45, 2.75) is 26.9 Å². The van der Waals surface area contributed by atoms with Crippen molar-refractivity contribution in [1.82, 2.24) is 9.97 Å². The van der Waals surface area contributed by atoms with Crippen molar-refractivity contribution in [2.24, 2.45) is 0 Å². The van der Waals surface area contributed by atoms with E-state index in [2.05, 4.69) is 20.6 Å². The van der Waals surface area contributed by atoms with Crippen LogP contribution >= 0.6 is 0 Å². The van der Waals surface area contributed by atoms with Gasteiger partial charge in [-0.1, -0.05) is 12.1 Å². The monoisotopic (exact) mass is 364 g/mol. The van der Waals surface area contributed by atoms with E-state index in [1.54, 1.807) is 7.11 Å². The minimum absolute atomic E-state index is 0.150. The van der Waals surface area contributed by atoms with Crippen molar-refractivity contribution >= 4 is 23.0 Å². The summed E-state index contributed by atoms with van der Waals surface area (Å²) in [5, 5.41) is 6.59. The van der Waals surface area contributed by atoms with Crippen LogP contribution in [0.5, 0.6) is 11.5 Å². The average molecular weight is 364 g/mol. The van der Waals surface area contributed by atoms with E-state index in [1.165, 1.54) is 0 Å². The normalized spacial score (nSPS) is 10.6. The average Bonchev–Trinajstić information content (AvgIpc) is 2.63. The molecule has 0 aliphatic heterocycles. The number of hydrogen-bond donors (Lipinski definition) is 2. The summed E-state index contributed by atoms with van der Waals surface area (Å²) in [6, 6.07) is 17.4. The van der Waals surface area contributed by atoms with Crippen molar-refractivity contribution < 1.29 is 9.47 Å². The van der Waals surface area contributed by atoms with E-state index in [0.29, 0.717) is 17.5 Å². The molecule has 0 radical (unpaired) electrons. The molecule has 1 aromatic heterocycles. The lowest BCUT2D eigenvalue weighted by atomic mass is 10.3. The lowest BCUT2D eigenvalue weighted by molar-refractivity contribution is 0.242. The zero-order valence-corrected chi connectivity index (χ0v) is 16.0. The number of anilines is 4. The van der Waals surface area contributed by atoms with Gasteiger partial charge in [0.05, 0.1) is 18.9 Å². The molecule has 0 saturated heterocycles. The van der Waals surface area contributed by atoms with Gasteiger partial charge in [-0.15, -0.1) is 0 Å². The van der Waals surface area contributed by atoms with Crippen LogP contribution in [-0.4, -0.2) is 23.2 Å². The highest BCUT2D eigenvalue weighted by Gasteiger charge is 2.07. The molecule has 0 atom stereocenters. The van der Waals surface area contributed by atoms with Gasteiger partial charge in [-0.2, -0.15) is 0 Å². The maximum atomic E-state index is 5.67. The Morgan fingerprint density at radius 1 is 0.889 bits per heavy atom. The van der Waals surface area contributed by atoms with Gasteiger partial charge in [-0.3, -0.25) is 0 Å². The number of ether oxygens (including phenoxy) is 2. The minimum Gasteiger partial charge on any atom is -0.495 e. The van der Waals surface area contributed by atoms with Crippen molar-refractivity contribution in [3.8, 4) is 11.5 Å². The second-order valence-corrected chi connectivity index (χ2v) is 6.33. The van der Waals surface area contributed by atoms with Gasteiger partial charge in [-0.25, -0.2) is 9.97 Å². The summed E-state index contributed by atoms with van der Waals surface area (Å²) >= 11 is 0. The minimum atomic E-state index is 0.150. The lowest BCUT2D eigenvalue weighted by Crippen LogP contribution is -2.05. The Hall–Kier alpha value is -3.28. The molecular formula is C21H24N4O2. The summed E-state index contributed by atoms with van der Waals surface area (Å²) in [5.41, 5.74) is 1.77. The van der Waals surface area contributed by atoms with Gasteiger partial charge in [0.2, 0.25) is 0 Å². The highest BCUT2D eigenvalue weighted by atomic mass is 16.5. The Labute approximate surface area is 159 Å². The SMILES string of the molecule is COc1ccccc1Nc1cc(Nc2ccc(OC(C)C)cc2)nc(C)n1. The number of aromatic nitrogens is 2. The van der Waals surface area contributed by atoms with Crippen LogP contribution in [0.1, 0.15) is 19.7 Å². The van der Waals surface area contributed by atoms with Gasteiger partial charge >= 0.3 is 0 Å². The fraction of sp³-hybridized carbons (Fsp3) is 0.238. The van der Waals surface area contributed by atoms with Gasteiger partial charge in [0.15, 0.2) is 0 Å². The summed E-state index contributed by atoms with van der Waals surface area (Å²) in [5.74, 6) is 3.65. The summed E-state index contributed by atoms with van der Waals surface area (Å²) < 4.78 is 11.0. The van der Waals surface area contributed by atoms with Crippen LogP contribution in [0.4, 0.5) is 23.0 Å². The van der Waals surface area contributed by atoms with Crippen LogP contribution in [0.25, 0.3) is 0 Å². The molecule has 0 spiro atoms. The highest BCUT2D eigenvalue weighted by Crippen LogP contribution is 2.27. The number of aryl methyl sites for hydroxylation is 1. The third kappa shape index (κ3) is 5.10. The molecule has 0 unspecified atom stereocenters. The van der Waals surface area contributed by atoms with Crippen LogP contribution in [0.15, 0.2) is 54.6 Å². The Morgan fingerprint density at radius 3 is 2.22 bits per heavy atom. The molecule has 140 valence electrons. The molecule has 2 aromatic carbocycles. The molecule has 2 N–H and O–H groups in total. The van der Waals surface area contributed by atoms with Crippen LogP contribution < -0.4 is 20.1 Å². The maximum Gasteiger partial charge on any atom is 0.142 e. The predicted octanol–water partition coefficient (Wildman–Crippen LogP) is 5.07. The highest BCUT2D eigenvalue weighted by molar-refractivity contribution is 5.67. The summed E-state index contributed by atoms with van der Waals surface area (Å²) in [4.78, 5) is 8.91. The summed E-state index contributed by atoms with van der Waals surface area (Å²) in [6.07, 6.45) is 0.150. The first-order valence-electron chi connectivity index (χ1n) is 8.83. The zero-order chi connectivity index (χ0) is 19.2. The number of para-hydroxylation sites is 2. The van der Waals surface area contributed by atoms with E-state index in [4.69, 9.17) is 9.47 Å². The van der Waals surface area contributed by atoms with Crippen LogP contribution in [-0.2, 0) is 0 Å². The van der Waals surface area contributed by atoms with Crippen molar-refractivity contribution in [3.05, 3.63) is 60.4 Å². The van der Waals surface area contributed by atoms with E-state index >= 15 is 0 Å². The standard InChI is InChI=1S/C21H24N4O2/c1-14(2)27-17-11-9-16(10-12-17)24-20-13-21(23-15(3)22-20)25-18-7-5-6-8-19(18)26-4/h5-14H,1-4H3,(H2,22,23,24,25). The Balaban J connectivity index is 1.77. The van der Waals surface area contributed by atoms with Crippen molar-refractivity contribution in [1.29, 1.82) is 0 Å². The topological polar surface area (TPSA) is 68.3 Å². The van der Waals surface area contributed by atoms with Crippen molar-refractivity contribution in [2.75, 3.05) is 17.7 Å².